The number of nitrogens with zero attached hydrogens (tertiary/aromatic N) is 3. The minimum Gasteiger partial charge on any atom is -0.398 e. The smallest absolute Gasteiger partial charge is 0.398 e. The average Bonchev–Trinajstić information content (AvgIpc) is 2.47. The van der Waals surface area contributed by atoms with Crippen LogP contribution in [0.3, 0.4) is 0 Å². The second-order valence-corrected chi connectivity index (χ2v) is 6.51. The maximum atomic E-state index is 12.6. The Morgan fingerprint density at radius 3 is 2.48 bits per heavy atom. The quantitative estimate of drug-likeness (QED) is 0.822. The Labute approximate surface area is 133 Å². The van der Waals surface area contributed by atoms with Gasteiger partial charge in [-0.15, -0.1) is 0 Å². The highest BCUT2D eigenvalue weighted by Crippen LogP contribution is 2.36. The van der Waals surface area contributed by atoms with Crippen molar-refractivity contribution in [3.8, 4) is 17.3 Å². The van der Waals surface area contributed by atoms with Crippen molar-refractivity contribution in [2.45, 2.75) is 10.4 Å². The van der Waals surface area contributed by atoms with Gasteiger partial charge < -0.3 is 5.73 Å². The number of halogens is 4. The van der Waals surface area contributed by atoms with Crippen molar-refractivity contribution in [1.29, 1.82) is 5.26 Å². The minimum absolute atomic E-state index is 0.0596. The van der Waals surface area contributed by atoms with Crippen molar-refractivity contribution < 1.29 is 21.6 Å². The molecule has 1 aromatic carbocycles. The molecule has 2 N–H and O–H groups in total. The molecule has 11 heteroatoms. The molecule has 0 aliphatic carbocycles. The van der Waals surface area contributed by atoms with E-state index >= 15 is 0 Å². The predicted octanol–water partition coefficient (Wildman–Crippen LogP) is 2.54. The molecule has 0 saturated carbocycles. The first-order valence-electron chi connectivity index (χ1n) is 5.71. The SMILES string of the molecule is N#Cc1ncnc(-c2cc(S(=O)(=O)C(F)(F)F)ccc2N)c1Cl. The van der Waals surface area contributed by atoms with E-state index in [0.717, 1.165) is 18.5 Å². The molecule has 0 radical (unpaired) electrons. The minimum atomic E-state index is -5.56. The van der Waals surface area contributed by atoms with Gasteiger partial charge in [0.05, 0.1) is 10.6 Å². The van der Waals surface area contributed by atoms with Crippen LogP contribution in [0.2, 0.25) is 5.02 Å². The van der Waals surface area contributed by atoms with E-state index in [1.54, 1.807) is 6.07 Å². The number of nitriles is 1. The Hall–Kier alpha value is -2.38. The molecule has 23 heavy (non-hydrogen) atoms. The molecular formula is C12H6ClF3N4O2S. The van der Waals surface area contributed by atoms with Crippen LogP contribution in [0, 0.1) is 11.3 Å². The Balaban J connectivity index is 2.73. The van der Waals surface area contributed by atoms with E-state index in [1.165, 1.54) is 0 Å². The van der Waals surface area contributed by atoms with Gasteiger partial charge in [-0.2, -0.15) is 18.4 Å². The average molecular weight is 363 g/mol. The van der Waals surface area contributed by atoms with Gasteiger partial charge in [-0.1, -0.05) is 11.6 Å². The van der Waals surface area contributed by atoms with Gasteiger partial charge in [0, 0.05) is 11.3 Å². The van der Waals surface area contributed by atoms with Crippen molar-refractivity contribution >= 4 is 27.1 Å². The molecular weight excluding hydrogens is 357 g/mol. The van der Waals surface area contributed by atoms with Crippen LogP contribution >= 0.6 is 11.6 Å². The summed E-state index contributed by atoms with van der Waals surface area (Å²) in [7, 11) is -5.56. The molecule has 0 fully saturated rings. The zero-order valence-corrected chi connectivity index (χ0v) is 12.5. The molecule has 0 atom stereocenters. The number of hydrogen-bond acceptors (Lipinski definition) is 6. The van der Waals surface area contributed by atoms with Crippen molar-refractivity contribution in [1.82, 2.24) is 9.97 Å². The molecule has 120 valence electrons. The number of alkyl halides is 3. The van der Waals surface area contributed by atoms with E-state index in [2.05, 4.69) is 9.97 Å². The third kappa shape index (κ3) is 2.93. The number of nitrogens with two attached hydrogens (primary N) is 1. The van der Waals surface area contributed by atoms with Crippen LogP contribution in [-0.2, 0) is 9.84 Å². The maximum Gasteiger partial charge on any atom is 0.501 e. The largest absolute Gasteiger partial charge is 0.501 e. The summed E-state index contributed by atoms with van der Waals surface area (Å²) in [5.74, 6) is 0. The Morgan fingerprint density at radius 1 is 1.26 bits per heavy atom. The van der Waals surface area contributed by atoms with E-state index in [1.807, 2.05) is 0 Å². The van der Waals surface area contributed by atoms with Crippen LogP contribution in [0.4, 0.5) is 18.9 Å². The zero-order chi connectivity index (χ0) is 17.4. The lowest BCUT2D eigenvalue weighted by atomic mass is 10.1. The Kier molecular flexibility index (Phi) is 4.19. The van der Waals surface area contributed by atoms with E-state index in [-0.39, 0.29) is 27.7 Å². The number of hydrogen-bond donors (Lipinski definition) is 1. The summed E-state index contributed by atoms with van der Waals surface area (Å²) in [6.45, 7) is 0. The van der Waals surface area contributed by atoms with Gasteiger partial charge >= 0.3 is 5.51 Å². The summed E-state index contributed by atoms with van der Waals surface area (Å²) in [4.78, 5) is 6.32. The van der Waals surface area contributed by atoms with Crippen LogP contribution in [0.15, 0.2) is 29.4 Å². The van der Waals surface area contributed by atoms with Gasteiger partial charge in [-0.05, 0) is 18.2 Å². The van der Waals surface area contributed by atoms with Gasteiger partial charge in [0.15, 0.2) is 5.69 Å². The van der Waals surface area contributed by atoms with Crippen molar-refractivity contribution in [2.24, 2.45) is 0 Å². The van der Waals surface area contributed by atoms with E-state index in [9.17, 15) is 21.6 Å². The summed E-state index contributed by atoms with van der Waals surface area (Å²) in [6, 6.07) is 4.08. The first-order valence-corrected chi connectivity index (χ1v) is 7.57. The highest BCUT2D eigenvalue weighted by atomic mass is 35.5. The van der Waals surface area contributed by atoms with E-state index < -0.39 is 20.2 Å². The van der Waals surface area contributed by atoms with Gasteiger partial charge in [-0.25, -0.2) is 18.4 Å². The molecule has 0 saturated heterocycles. The second-order valence-electron chi connectivity index (χ2n) is 4.19. The second kappa shape index (κ2) is 5.68. The molecule has 1 aromatic heterocycles. The molecule has 0 amide bonds. The van der Waals surface area contributed by atoms with Crippen LogP contribution in [0.25, 0.3) is 11.3 Å². The molecule has 0 spiro atoms. The molecule has 0 aliphatic rings. The van der Waals surface area contributed by atoms with Crippen LogP contribution < -0.4 is 5.73 Å². The number of benzene rings is 1. The first-order chi connectivity index (χ1) is 10.6. The topological polar surface area (TPSA) is 110 Å². The predicted molar refractivity (Wildman–Crippen MR) is 74.8 cm³/mol. The summed E-state index contributed by atoms with van der Waals surface area (Å²) < 4.78 is 60.9. The lowest BCUT2D eigenvalue weighted by Crippen LogP contribution is -2.23. The Bertz CT molecular complexity index is 923. The van der Waals surface area contributed by atoms with E-state index in [4.69, 9.17) is 22.6 Å². The third-order valence-corrected chi connectivity index (χ3v) is 4.63. The third-order valence-electron chi connectivity index (χ3n) is 2.79. The van der Waals surface area contributed by atoms with Crippen molar-refractivity contribution in [2.75, 3.05) is 5.73 Å². The number of rotatable bonds is 2. The fourth-order valence-corrected chi connectivity index (χ4v) is 2.71. The van der Waals surface area contributed by atoms with Gasteiger partial charge in [0.1, 0.15) is 17.4 Å². The Morgan fingerprint density at radius 2 is 1.91 bits per heavy atom. The first kappa shape index (κ1) is 17.0. The fourth-order valence-electron chi connectivity index (χ4n) is 1.68. The van der Waals surface area contributed by atoms with Crippen LogP contribution in [-0.4, -0.2) is 23.9 Å². The summed E-state index contributed by atoms with van der Waals surface area (Å²) in [5.41, 5.74) is -0.387. The lowest BCUT2D eigenvalue weighted by molar-refractivity contribution is -0.0435. The number of anilines is 1. The van der Waals surface area contributed by atoms with Gasteiger partial charge in [-0.3, -0.25) is 0 Å². The number of nitrogen functional groups attached to an aromatic ring is 1. The maximum absolute atomic E-state index is 12.6. The lowest BCUT2D eigenvalue weighted by Gasteiger charge is -2.12. The van der Waals surface area contributed by atoms with Crippen LogP contribution in [0.5, 0.6) is 0 Å². The van der Waals surface area contributed by atoms with Gasteiger partial charge in [0.25, 0.3) is 9.84 Å². The molecule has 0 unspecified atom stereocenters. The normalized spacial score (nSPS) is 12.0. The summed E-state index contributed by atoms with van der Waals surface area (Å²) in [5, 5.41) is 8.60. The molecule has 2 rings (SSSR count). The molecule has 6 nitrogen and oxygen atoms in total. The molecule has 2 aromatic rings. The monoisotopic (exact) mass is 362 g/mol. The summed E-state index contributed by atoms with van der Waals surface area (Å²) >= 11 is 5.90. The highest BCUT2D eigenvalue weighted by Gasteiger charge is 2.47. The zero-order valence-electron chi connectivity index (χ0n) is 11.0. The summed E-state index contributed by atoms with van der Waals surface area (Å²) in [6.07, 6.45) is 0.962. The number of sulfone groups is 1. The molecule has 0 aliphatic heterocycles. The molecule has 1 heterocycles. The highest BCUT2D eigenvalue weighted by molar-refractivity contribution is 7.92. The van der Waals surface area contributed by atoms with Gasteiger partial charge in [0.2, 0.25) is 0 Å². The fraction of sp³-hybridized carbons (Fsp3) is 0.0833. The number of aromatic nitrogens is 2. The van der Waals surface area contributed by atoms with Crippen molar-refractivity contribution in [3.63, 3.8) is 0 Å². The van der Waals surface area contributed by atoms with Crippen LogP contribution in [0.1, 0.15) is 5.69 Å². The van der Waals surface area contributed by atoms with Crippen molar-refractivity contribution in [3.05, 3.63) is 35.2 Å². The molecule has 0 bridgehead atoms. The van der Waals surface area contributed by atoms with E-state index in [0.29, 0.717) is 6.07 Å². The standard InChI is InChI=1S/C12H6ClF3N4O2S/c13-10-9(4-17)19-5-20-11(10)7-3-6(1-2-8(7)18)23(21,22)12(14,15)16/h1-3,5H,18H2.